The number of aromatic hydroxyl groups is 1. The molecule has 1 aliphatic heterocycles. The van der Waals surface area contributed by atoms with Crippen molar-refractivity contribution in [2.24, 2.45) is 5.41 Å². The van der Waals surface area contributed by atoms with E-state index in [1.807, 2.05) is 12.1 Å². The van der Waals surface area contributed by atoms with Crippen molar-refractivity contribution in [1.29, 1.82) is 0 Å². The van der Waals surface area contributed by atoms with Gasteiger partial charge in [0.2, 0.25) is 0 Å². The van der Waals surface area contributed by atoms with Gasteiger partial charge in [-0.25, -0.2) is 0 Å². The molecule has 1 aliphatic carbocycles. The average Bonchev–Trinajstić information content (AvgIpc) is 3.02. The second kappa shape index (κ2) is 7.61. The van der Waals surface area contributed by atoms with Crippen LogP contribution in [0.15, 0.2) is 42.5 Å². The van der Waals surface area contributed by atoms with Gasteiger partial charge in [0.05, 0.1) is 17.7 Å². The van der Waals surface area contributed by atoms with E-state index in [2.05, 4.69) is 62.9 Å². The molecule has 3 atom stereocenters. The molecule has 2 aliphatic rings. The molecule has 156 valence electrons. The highest BCUT2D eigenvalue weighted by atomic mass is 35.5. The van der Waals surface area contributed by atoms with E-state index in [1.54, 1.807) is 0 Å². The molecule has 0 amide bonds. The third-order valence-corrected chi connectivity index (χ3v) is 8.00. The van der Waals surface area contributed by atoms with E-state index in [0.29, 0.717) is 17.7 Å². The Morgan fingerprint density at radius 1 is 1.17 bits per heavy atom. The van der Waals surface area contributed by atoms with Crippen LogP contribution < -0.4 is 0 Å². The summed E-state index contributed by atoms with van der Waals surface area (Å²) < 4.78 is 6.15. The first kappa shape index (κ1) is 20.7. The number of rotatable bonds is 5. The van der Waals surface area contributed by atoms with E-state index in [1.165, 1.54) is 11.1 Å². The molecule has 4 heteroatoms. The molecule has 3 nitrogen and oxygen atoms in total. The lowest BCUT2D eigenvalue weighted by atomic mass is 9.54. The fourth-order valence-electron chi connectivity index (χ4n) is 5.50. The predicted molar refractivity (Wildman–Crippen MR) is 119 cm³/mol. The molecular weight excluding hydrogens is 382 g/mol. The summed E-state index contributed by atoms with van der Waals surface area (Å²) in [5.74, 6) is 0.263. The average molecular weight is 414 g/mol. The third kappa shape index (κ3) is 3.48. The highest BCUT2D eigenvalue weighted by Crippen LogP contribution is 2.58. The number of fused-ring (bicyclic) bond motifs is 2. The number of phenols is 1. The fraction of sp³-hybridized carbons (Fsp3) is 0.520. The van der Waals surface area contributed by atoms with Crippen LogP contribution in [0.2, 0.25) is 5.02 Å². The lowest BCUT2D eigenvalue weighted by Gasteiger charge is -2.52. The van der Waals surface area contributed by atoms with Gasteiger partial charge in [-0.15, -0.1) is 0 Å². The Balaban J connectivity index is 1.53. The smallest absolute Gasteiger partial charge is 0.137 e. The van der Waals surface area contributed by atoms with Gasteiger partial charge in [0.1, 0.15) is 5.75 Å². The topological polar surface area (TPSA) is 32.7 Å². The molecule has 0 bridgehead atoms. The first-order valence-electron chi connectivity index (χ1n) is 10.6. The van der Waals surface area contributed by atoms with E-state index >= 15 is 0 Å². The molecule has 1 saturated heterocycles. The normalized spacial score (nSPS) is 26.7. The maximum atomic E-state index is 10.7. The van der Waals surface area contributed by atoms with Gasteiger partial charge in [-0.05, 0) is 54.3 Å². The summed E-state index contributed by atoms with van der Waals surface area (Å²) >= 11 is 6.25. The minimum absolute atomic E-state index is 0.0315. The van der Waals surface area contributed by atoms with E-state index in [-0.39, 0.29) is 22.7 Å². The van der Waals surface area contributed by atoms with E-state index in [0.717, 1.165) is 31.5 Å². The minimum atomic E-state index is -0.0315. The molecule has 29 heavy (non-hydrogen) atoms. The number of halogens is 1. The first-order valence-corrected chi connectivity index (χ1v) is 11.0. The van der Waals surface area contributed by atoms with Crippen LogP contribution in [0.25, 0.3) is 0 Å². The number of hydrogen-bond acceptors (Lipinski definition) is 3. The second-order valence-corrected chi connectivity index (χ2v) is 9.94. The van der Waals surface area contributed by atoms with Crippen molar-refractivity contribution in [2.45, 2.75) is 64.7 Å². The van der Waals surface area contributed by atoms with Crippen molar-refractivity contribution in [2.75, 3.05) is 13.1 Å². The largest absolute Gasteiger partial charge is 0.506 e. The SMILES string of the molecule is C[C@@H](CN1CCC2(C)C1Cc1c(ccc(Cl)c1O)C2(C)C)OCc1ccccc1. The Morgan fingerprint density at radius 3 is 2.62 bits per heavy atom. The number of nitrogens with zero attached hydrogens (tertiary/aromatic N) is 1. The minimum Gasteiger partial charge on any atom is -0.506 e. The van der Waals surface area contributed by atoms with Crippen LogP contribution in [0.1, 0.15) is 50.8 Å². The van der Waals surface area contributed by atoms with Crippen molar-refractivity contribution in [1.82, 2.24) is 4.90 Å². The van der Waals surface area contributed by atoms with Crippen molar-refractivity contribution < 1.29 is 9.84 Å². The van der Waals surface area contributed by atoms with Gasteiger partial charge in [0.15, 0.2) is 0 Å². The number of benzene rings is 2. The Bertz CT molecular complexity index is 882. The number of hydrogen-bond donors (Lipinski definition) is 1. The van der Waals surface area contributed by atoms with Crippen LogP contribution in [0.5, 0.6) is 5.75 Å². The molecule has 1 N–H and O–H groups in total. The summed E-state index contributed by atoms with van der Waals surface area (Å²) in [6.07, 6.45) is 2.14. The molecular formula is C25H32ClNO2. The molecule has 2 aromatic carbocycles. The van der Waals surface area contributed by atoms with Crippen LogP contribution in [-0.2, 0) is 23.2 Å². The lowest BCUT2D eigenvalue weighted by molar-refractivity contribution is 0.00734. The quantitative estimate of drug-likeness (QED) is 0.695. The summed E-state index contributed by atoms with van der Waals surface area (Å²) in [6.45, 7) is 11.8. The van der Waals surface area contributed by atoms with Crippen LogP contribution >= 0.6 is 11.6 Å². The first-order chi connectivity index (χ1) is 13.7. The van der Waals surface area contributed by atoms with Gasteiger partial charge >= 0.3 is 0 Å². The number of phenolic OH excluding ortho intramolecular Hbond substituents is 1. The van der Waals surface area contributed by atoms with Crippen LogP contribution in [-0.4, -0.2) is 35.2 Å². The van der Waals surface area contributed by atoms with Crippen molar-refractivity contribution in [3.63, 3.8) is 0 Å². The third-order valence-electron chi connectivity index (χ3n) is 7.70. The zero-order valence-electron chi connectivity index (χ0n) is 17.9. The standard InChI is InChI=1S/C25H32ClNO2/c1-17(29-16-18-8-6-5-7-9-18)15-27-13-12-25(4)22(27)14-19-20(24(25,2)3)10-11-21(26)23(19)28/h5-11,17,22,28H,12-16H2,1-4H3/t17-,22?,25?/m0/s1. The summed E-state index contributed by atoms with van der Waals surface area (Å²) in [6, 6.07) is 14.7. The number of likely N-dealkylation sites (tertiary alicyclic amines) is 1. The van der Waals surface area contributed by atoms with Gasteiger partial charge in [0.25, 0.3) is 0 Å². The highest BCUT2D eigenvalue weighted by Gasteiger charge is 2.57. The predicted octanol–water partition coefficient (Wildman–Crippen LogP) is 5.57. The second-order valence-electron chi connectivity index (χ2n) is 9.54. The molecule has 1 fully saturated rings. The summed E-state index contributed by atoms with van der Waals surface area (Å²) in [7, 11) is 0. The molecule has 1 heterocycles. The fourth-order valence-corrected chi connectivity index (χ4v) is 5.68. The molecule has 4 rings (SSSR count). The van der Waals surface area contributed by atoms with Crippen molar-refractivity contribution in [3.05, 3.63) is 64.2 Å². The Hall–Kier alpha value is -1.55. The van der Waals surface area contributed by atoms with Crippen molar-refractivity contribution in [3.8, 4) is 5.75 Å². The molecule has 2 unspecified atom stereocenters. The Kier molecular flexibility index (Phi) is 5.43. The van der Waals surface area contributed by atoms with Gasteiger partial charge in [-0.2, -0.15) is 0 Å². The summed E-state index contributed by atoms with van der Waals surface area (Å²) in [4.78, 5) is 2.57. The van der Waals surface area contributed by atoms with Crippen LogP contribution in [0.4, 0.5) is 0 Å². The molecule has 0 spiro atoms. The van der Waals surface area contributed by atoms with Gasteiger partial charge in [0, 0.05) is 18.2 Å². The summed E-state index contributed by atoms with van der Waals surface area (Å²) in [5, 5.41) is 11.1. The lowest BCUT2D eigenvalue weighted by Crippen LogP contribution is -2.54. The molecule has 2 aromatic rings. The van der Waals surface area contributed by atoms with Crippen LogP contribution in [0.3, 0.4) is 0 Å². The number of ether oxygens (including phenoxy) is 1. The maximum Gasteiger partial charge on any atom is 0.137 e. The van der Waals surface area contributed by atoms with Gasteiger partial charge in [-0.1, -0.05) is 68.8 Å². The van der Waals surface area contributed by atoms with E-state index < -0.39 is 0 Å². The Morgan fingerprint density at radius 2 is 1.90 bits per heavy atom. The zero-order valence-corrected chi connectivity index (χ0v) is 18.7. The molecule has 0 saturated carbocycles. The van der Waals surface area contributed by atoms with Crippen LogP contribution in [0, 0.1) is 5.41 Å². The van der Waals surface area contributed by atoms with Gasteiger partial charge in [-0.3, -0.25) is 4.90 Å². The summed E-state index contributed by atoms with van der Waals surface area (Å²) in [5.41, 5.74) is 3.59. The van der Waals surface area contributed by atoms with E-state index in [9.17, 15) is 5.11 Å². The zero-order chi connectivity index (χ0) is 20.8. The molecule has 0 aromatic heterocycles. The van der Waals surface area contributed by atoms with Gasteiger partial charge < -0.3 is 9.84 Å². The maximum absolute atomic E-state index is 10.7. The van der Waals surface area contributed by atoms with E-state index in [4.69, 9.17) is 16.3 Å². The highest BCUT2D eigenvalue weighted by molar-refractivity contribution is 6.32. The monoisotopic (exact) mass is 413 g/mol. The van der Waals surface area contributed by atoms with Crippen molar-refractivity contribution >= 4 is 11.6 Å². The molecule has 0 radical (unpaired) electrons. The Labute approximate surface area is 179 Å².